The summed E-state index contributed by atoms with van der Waals surface area (Å²) in [6.07, 6.45) is 0. The molecule has 0 bridgehead atoms. The Morgan fingerprint density at radius 3 is 2.86 bits per heavy atom. The van der Waals surface area contributed by atoms with Gasteiger partial charge in [-0.2, -0.15) is 0 Å². The van der Waals surface area contributed by atoms with Crippen molar-refractivity contribution in [3.8, 4) is 17.0 Å². The van der Waals surface area contributed by atoms with Crippen LogP contribution in [0.4, 0.5) is 5.82 Å². The first-order valence-corrected chi connectivity index (χ1v) is 10.1. The maximum Gasteiger partial charge on any atom is 0.152 e. The summed E-state index contributed by atoms with van der Waals surface area (Å²) in [5.41, 5.74) is 7.94. The molecule has 0 amide bonds. The number of anilines is 1. The van der Waals surface area contributed by atoms with E-state index in [2.05, 4.69) is 71.9 Å². The van der Waals surface area contributed by atoms with Crippen LogP contribution in [0.2, 0.25) is 0 Å². The molecule has 0 radical (unpaired) electrons. The van der Waals surface area contributed by atoms with E-state index in [-0.39, 0.29) is 0 Å². The lowest BCUT2D eigenvalue weighted by Crippen LogP contribution is -2.38. The molecule has 1 aromatic heterocycles. The lowest BCUT2D eigenvalue weighted by Gasteiger charge is -2.23. The monoisotopic (exact) mass is 383 g/mol. The van der Waals surface area contributed by atoms with E-state index in [9.17, 15) is 0 Å². The molecular weight excluding hydrogens is 350 g/mol. The first kappa shape index (κ1) is 20.6. The van der Waals surface area contributed by atoms with Gasteiger partial charge in [0.2, 0.25) is 0 Å². The molecule has 0 fully saturated rings. The molecule has 2 N–H and O–H groups in total. The van der Waals surface area contributed by atoms with E-state index < -0.39 is 0 Å². The minimum atomic E-state index is 0.325. The van der Waals surface area contributed by atoms with Crippen LogP contribution in [0.15, 0.2) is 30.3 Å². The van der Waals surface area contributed by atoms with Crippen molar-refractivity contribution in [3.05, 3.63) is 41.5 Å². The summed E-state index contributed by atoms with van der Waals surface area (Å²) in [5.74, 6) is 1.90. The summed E-state index contributed by atoms with van der Waals surface area (Å²) < 4.78 is 5.96. The quantitative estimate of drug-likeness (QED) is 0.694. The molecule has 3 rings (SSSR count). The number of nitrogens with one attached hydrogen (secondary N) is 2. The van der Waals surface area contributed by atoms with Gasteiger partial charge < -0.3 is 15.0 Å². The van der Waals surface area contributed by atoms with Gasteiger partial charge in [0.25, 0.3) is 0 Å². The molecule has 0 saturated carbocycles. The fraction of sp³-hybridized carbons (Fsp3) is 0.500. The fourth-order valence-corrected chi connectivity index (χ4v) is 3.52. The molecule has 0 aliphatic carbocycles. The Morgan fingerprint density at radius 1 is 1.32 bits per heavy atom. The van der Waals surface area contributed by atoms with E-state index in [1.165, 1.54) is 5.56 Å². The van der Waals surface area contributed by atoms with Crippen LogP contribution < -0.4 is 20.5 Å². The second-order valence-electron chi connectivity index (χ2n) is 7.58. The van der Waals surface area contributed by atoms with Gasteiger partial charge in [-0.3, -0.25) is 5.01 Å². The molecule has 6 heteroatoms. The number of benzene rings is 1. The van der Waals surface area contributed by atoms with Crippen molar-refractivity contribution in [2.75, 3.05) is 38.8 Å². The minimum absolute atomic E-state index is 0.325. The third-order valence-corrected chi connectivity index (χ3v) is 4.95. The number of aromatic nitrogens is 1. The molecule has 1 aliphatic heterocycles. The number of pyridine rings is 1. The highest BCUT2D eigenvalue weighted by atomic mass is 16.5. The zero-order chi connectivity index (χ0) is 20.1. The van der Waals surface area contributed by atoms with E-state index in [1.54, 1.807) is 0 Å². The van der Waals surface area contributed by atoms with Crippen molar-refractivity contribution in [1.29, 1.82) is 0 Å². The van der Waals surface area contributed by atoms with E-state index >= 15 is 0 Å². The van der Waals surface area contributed by atoms with Crippen LogP contribution in [0.5, 0.6) is 5.75 Å². The van der Waals surface area contributed by atoms with Crippen LogP contribution in [0.1, 0.15) is 31.9 Å². The van der Waals surface area contributed by atoms with Crippen molar-refractivity contribution >= 4 is 5.82 Å². The molecule has 152 valence electrons. The SMILES string of the molecule is CCOc1cc(-c2cccc(CN(C)CCNC)c2)nc2c1CNN2C(C)C. The smallest absolute Gasteiger partial charge is 0.152 e. The normalized spacial score (nSPS) is 13.5. The van der Waals surface area contributed by atoms with Crippen LogP contribution in [-0.4, -0.2) is 49.7 Å². The maximum atomic E-state index is 5.96. The first-order chi connectivity index (χ1) is 13.5. The topological polar surface area (TPSA) is 52.7 Å². The number of rotatable bonds is 9. The standard InChI is InChI=1S/C22H33N5O/c1-6-28-21-13-20(25-22-19(21)14-24-27(22)16(2)3)18-9-7-8-17(12-18)15-26(5)11-10-23-4/h7-9,12-13,16,23-24H,6,10-11,14-15H2,1-5H3. The molecule has 0 atom stereocenters. The van der Waals surface area contributed by atoms with Crippen LogP contribution in [-0.2, 0) is 13.1 Å². The van der Waals surface area contributed by atoms with E-state index in [0.29, 0.717) is 12.6 Å². The van der Waals surface area contributed by atoms with Gasteiger partial charge >= 0.3 is 0 Å². The Bertz CT molecular complexity index is 792. The van der Waals surface area contributed by atoms with Crippen LogP contribution in [0.25, 0.3) is 11.3 Å². The van der Waals surface area contributed by atoms with Gasteiger partial charge in [0.15, 0.2) is 5.82 Å². The van der Waals surface area contributed by atoms with Gasteiger partial charge in [-0.05, 0) is 46.5 Å². The summed E-state index contributed by atoms with van der Waals surface area (Å²) in [5, 5.41) is 5.34. The van der Waals surface area contributed by atoms with Crippen molar-refractivity contribution in [3.63, 3.8) is 0 Å². The van der Waals surface area contributed by atoms with E-state index in [4.69, 9.17) is 9.72 Å². The third-order valence-electron chi connectivity index (χ3n) is 4.95. The first-order valence-electron chi connectivity index (χ1n) is 10.1. The van der Waals surface area contributed by atoms with Crippen molar-refractivity contribution in [2.45, 2.75) is 39.9 Å². The Hall–Kier alpha value is -2.15. The number of nitrogens with zero attached hydrogens (tertiary/aromatic N) is 3. The zero-order valence-electron chi connectivity index (χ0n) is 17.7. The lowest BCUT2D eigenvalue weighted by molar-refractivity contribution is 0.328. The lowest BCUT2D eigenvalue weighted by atomic mass is 10.1. The minimum Gasteiger partial charge on any atom is -0.493 e. The highest BCUT2D eigenvalue weighted by Crippen LogP contribution is 2.36. The Labute approximate surface area is 168 Å². The second-order valence-corrected chi connectivity index (χ2v) is 7.58. The van der Waals surface area contributed by atoms with Gasteiger partial charge in [0, 0.05) is 43.9 Å². The van der Waals surface area contributed by atoms with Gasteiger partial charge in [0.05, 0.1) is 17.9 Å². The van der Waals surface area contributed by atoms with Crippen molar-refractivity contribution in [1.82, 2.24) is 20.6 Å². The Morgan fingerprint density at radius 2 is 2.14 bits per heavy atom. The van der Waals surface area contributed by atoms with E-state index in [0.717, 1.165) is 54.6 Å². The highest BCUT2D eigenvalue weighted by Gasteiger charge is 2.27. The van der Waals surface area contributed by atoms with E-state index in [1.807, 2.05) is 14.0 Å². The summed E-state index contributed by atoms with van der Waals surface area (Å²) in [6, 6.07) is 11.1. The number of ether oxygens (including phenoxy) is 1. The second kappa shape index (κ2) is 9.37. The van der Waals surface area contributed by atoms with Gasteiger partial charge in [-0.15, -0.1) is 0 Å². The van der Waals surface area contributed by atoms with Crippen molar-refractivity contribution < 1.29 is 4.74 Å². The summed E-state index contributed by atoms with van der Waals surface area (Å²) in [4.78, 5) is 7.32. The fourth-order valence-electron chi connectivity index (χ4n) is 3.52. The number of hydrogen-bond acceptors (Lipinski definition) is 6. The molecule has 6 nitrogen and oxygen atoms in total. The predicted molar refractivity (Wildman–Crippen MR) is 116 cm³/mol. The molecule has 1 aliphatic rings. The van der Waals surface area contributed by atoms with Gasteiger partial charge in [-0.1, -0.05) is 18.2 Å². The maximum absolute atomic E-state index is 5.96. The third kappa shape index (κ3) is 4.63. The molecule has 2 heterocycles. The molecule has 0 unspecified atom stereocenters. The van der Waals surface area contributed by atoms with Crippen molar-refractivity contribution in [2.24, 2.45) is 0 Å². The Kier molecular flexibility index (Phi) is 6.88. The Balaban J connectivity index is 1.92. The van der Waals surface area contributed by atoms with Crippen LogP contribution in [0.3, 0.4) is 0 Å². The summed E-state index contributed by atoms with van der Waals surface area (Å²) >= 11 is 0. The molecule has 0 spiro atoms. The molecular formula is C22H33N5O. The number of hydrazine groups is 1. The zero-order valence-corrected chi connectivity index (χ0v) is 17.7. The summed E-state index contributed by atoms with van der Waals surface area (Å²) in [7, 11) is 4.14. The van der Waals surface area contributed by atoms with Gasteiger partial charge in [0.1, 0.15) is 5.75 Å². The van der Waals surface area contributed by atoms with Crippen LogP contribution in [0, 0.1) is 0 Å². The number of likely N-dealkylation sites (N-methyl/N-ethyl adjacent to an activating group) is 2. The predicted octanol–water partition coefficient (Wildman–Crippen LogP) is 3.03. The largest absolute Gasteiger partial charge is 0.493 e. The summed E-state index contributed by atoms with van der Waals surface area (Å²) in [6.45, 7) is 10.7. The number of hydrogen-bond donors (Lipinski definition) is 2. The number of fused-ring (bicyclic) bond motifs is 1. The molecule has 28 heavy (non-hydrogen) atoms. The van der Waals surface area contributed by atoms with Crippen LogP contribution >= 0.6 is 0 Å². The molecule has 2 aromatic rings. The average molecular weight is 384 g/mol. The molecule has 1 aromatic carbocycles. The average Bonchev–Trinajstić information content (AvgIpc) is 3.11. The molecule has 0 saturated heterocycles. The highest BCUT2D eigenvalue weighted by molar-refractivity contribution is 5.69. The van der Waals surface area contributed by atoms with Gasteiger partial charge in [-0.25, -0.2) is 10.4 Å².